The number of nitrogens with one attached hydrogen (secondary N) is 1. The molecule has 0 spiro atoms. The van der Waals surface area contributed by atoms with Gasteiger partial charge < -0.3 is 15.9 Å². The lowest BCUT2D eigenvalue weighted by Crippen LogP contribution is -2.19. The second-order valence-electron chi connectivity index (χ2n) is 6.49. The van der Waals surface area contributed by atoms with E-state index in [1.807, 2.05) is 48.5 Å². The van der Waals surface area contributed by atoms with Crippen LogP contribution in [0.15, 0.2) is 54.7 Å². The topological polar surface area (TPSA) is 126 Å². The normalized spacial score (nSPS) is 14.3. The molecule has 0 aliphatic heterocycles. The van der Waals surface area contributed by atoms with Crippen molar-refractivity contribution in [1.29, 1.82) is 0 Å². The minimum absolute atomic E-state index is 0.343. The number of aliphatic hydroxyl groups excluding tert-OH is 1. The number of para-hydroxylation sites is 1. The SMILES string of the molecule is CC(O)(C#Cc1cccc(-n2nc(C(N)O)c3ccccc32)c1)c1cn[nH]n1. The van der Waals surface area contributed by atoms with E-state index in [0.717, 1.165) is 16.6 Å². The van der Waals surface area contributed by atoms with Gasteiger partial charge in [-0.25, -0.2) is 4.68 Å². The van der Waals surface area contributed by atoms with E-state index in [-0.39, 0.29) is 0 Å². The zero-order valence-electron chi connectivity index (χ0n) is 15.0. The largest absolute Gasteiger partial charge is 0.373 e. The summed E-state index contributed by atoms with van der Waals surface area (Å²) in [7, 11) is 0. The van der Waals surface area contributed by atoms with Gasteiger partial charge >= 0.3 is 0 Å². The third-order valence-electron chi connectivity index (χ3n) is 4.35. The highest BCUT2D eigenvalue weighted by Crippen LogP contribution is 2.25. The molecule has 0 bridgehead atoms. The fourth-order valence-corrected chi connectivity index (χ4v) is 2.92. The molecule has 0 saturated heterocycles. The fraction of sp³-hybridized carbons (Fsp3) is 0.150. The number of aromatic amines is 1. The van der Waals surface area contributed by atoms with Crippen LogP contribution in [-0.2, 0) is 5.60 Å². The lowest BCUT2D eigenvalue weighted by molar-refractivity contribution is 0.117. The van der Waals surface area contributed by atoms with Crippen molar-refractivity contribution in [2.75, 3.05) is 0 Å². The molecule has 0 fully saturated rings. The highest BCUT2D eigenvalue weighted by molar-refractivity contribution is 5.83. The highest BCUT2D eigenvalue weighted by atomic mass is 16.3. The van der Waals surface area contributed by atoms with E-state index in [2.05, 4.69) is 32.4 Å². The number of hydrogen-bond acceptors (Lipinski definition) is 6. The molecule has 4 aromatic rings. The van der Waals surface area contributed by atoms with Gasteiger partial charge in [-0.1, -0.05) is 36.1 Å². The smallest absolute Gasteiger partial charge is 0.168 e. The van der Waals surface area contributed by atoms with Crippen molar-refractivity contribution in [2.45, 2.75) is 18.8 Å². The molecule has 4 rings (SSSR count). The summed E-state index contributed by atoms with van der Waals surface area (Å²) in [5.41, 5.74) is 7.25. The van der Waals surface area contributed by atoms with E-state index in [1.165, 1.54) is 6.20 Å². The maximum atomic E-state index is 10.5. The molecule has 0 aliphatic rings. The van der Waals surface area contributed by atoms with Gasteiger partial charge in [0.25, 0.3) is 0 Å². The Morgan fingerprint density at radius 3 is 2.79 bits per heavy atom. The van der Waals surface area contributed by atoms with Crippen molar-refractivity contribution in [3.05, 3.63) is 71.7 Å². The number of nitrogens with two attached hydrogens (primary N) is 1. The molecular formula is C20H18N6O2. The molecular weight excluding hydrogens is 356 g/mol. The van der Waals surface area contributed by atoms with Gasteiger partial charge in [-0.05, 0) is 31.2 Å². The first-order valence-electron chi connectivity index (χ1n) is 8.59. The third-order valence-corrected chi connectivity index (χ3v) is 4.35. The van der Waals surface area contributed by atoms with Crippen LogP contribution in [0.2, 0.25) is 0 Å². The van der Waals surface area contributed by atoms with E-state index in [9.17, 15) is 10.2 Å². The van der Waals surface area contributed by atoms with Crippen molar-refractivity contribution >= 4 is 10.9 Å². The molecule has 2 atom stereocenters. The summed E-state index contributed by atoms with van der Waals surface area (Å²) in [5.74, 6) is 5.77. The molecule has 0 aliphatic carbocycles. The quantitative estimate of drug-likeness (QED) is 0.317. The van der Waals surface area contributed by atoms with Gasteiger partial charge in [0, 0.05) is 10.9 Å². The second kappa shape index (κ2) is 6.90. The first-order valence-corrected chi connectivity index (χ1v) is 8.59. The van der Waals surface area contributed by atoms with Crippen molar-refractivity contribution in [3.63, 3.8) is 0 Å². The summed E-state index contributed by atoms with van der Waals surface area (Å²) in [5, 5.41) is 35.6. The standard InChI is InChI=1S/C20H18N6O2/c1-20(28,17-12-22-25-23-17)10-9-13-5-4-6-14(11-13)26-16-8-3-2-7-15(16)18(24-26)19(21)27/h2-8,11-12,19,27-28H,21H2,1H3,(H,22,23,25). The predicted octanol–water partition coefficient (Wildman–Crippen LogP) is 1.35. The van der Waals surface area contributed by atoms with Crippen LogP contribution < -0.4 is 5.73 Å². The van der Waals surface area contributed by atoms with Gasteiger partial charge in [-0.3, -0.25) is 0 Å². The fourth-order valence-electron chi connectivity index (χ4n) is 2.92. The molecule has 140 valence electrons. The molecule has 0 saturated carbocycles. The average molecular weight is 374 g/mol. The molecule has 0 amide bonds. The Kier molecular flexibility index (Phi) is 4.41. The first-order chi connectivity index (χ1) is 13.5. The van der Waals surface area contributed by atoms with Crippen LogP contribution in [0.5, 0.6) is 0 Å². The summed E-state index contributed by atoms with van der Waals surface area (Å²) in [6.07, 6.45) is 0.257. The van der Waals surface area contributed by atoms with Gasteiger partial charge in [0.15, 0.2) is 5.60 Å². The Bertz CT molecular complexity index is 1180. The van der Waals surface area contributed by atoms with E-state index in [4.69, 9.17) is 5.73 Å². The van der Waals surface area contributed by atoms with Crippen molar-refractivity contribution in [3.8, 4) is 17.5 Å². The number of aliphatic hydroxyl groups is 2. The number of H-pyrrole nitrogens is 1. The Morgan fingerprint density at radius 1 is 1.21 bits per heavy atom. The van der Waals surface area contributed by atoms with Crippen molar-refractivity contribution < 1.29 is 10.2 Å². The van der Waals surface area contributed by atoms with Gasteiger partial charge in [0.05, 0.1) is 17.4 Å². The summed E-state index contributed by atoms with van der Waals surface area (Å²) in [6.45, 7) is 1.55. The molecule has 2 aromatic heterocycles. The van der Waals surface area contributed by atoms with Gasteiger partial charge in [-0.15, -0.1) is 0 Å². The molecule has 2 aromatic carbocycles. The maximum Gasteiger partial charge on any atom is 0.168 e. The summed E-state index contributed by atoms with van der Waals surface area (Å²) >= 11 is 0. The lowest BCUT2D eigenvalue weighted by Gasteiger charge is -2.11. The molecule has 8 heteroatoms. The summed E-state index contributed by atoms with van der Waals surface area (Å²) in [4.78, 5) is 0. The number of fused-ring (bicyclic) bond motifs is 1. The van der Waals surface area contributed by atoms with Crippen LogP contribution >= 0.6 is 0 Å². The minimum Gasteiger partial charge on any atom is -0.373 e. The first kappa shape index (κ1) is 17.9. The van der Waals surface area contributed by atoms with E-state index >= 15 is 0 Å². The molecule has 2 unspecified atom stereocenters. The average Bonchev–Trinajstić information content (AvgIpc) is 3.35. The monoisotopic (exact) mass is 374 g/mol. The van der Waals surface area contributed by atoms with E-state index in [1.54, 1.807) is 11.6 Å². The Morgan fingerprint density at radius 2 is 2.04 bits per heavy atom. The van der Waals surface area contributed by atoms with Crippen molar-refractivity contribution in [1.82, 2.24) is 25.2 Å². The van der Waals surface area contributed by atoms with Gasteiger partial charge in [-0.2, -0.15) is 20.5 Å². The second-order valence-corrected chi connectivity index (χ2v) is 6.49. The highest BCUT2D eigenvalue weighted by Gasteiger charge is 2.23. The third kappa shape index (κ3) is 3.25. The molecule has 8 nitrogen and oxygen atoms in total. The number of rotatable bonds is 3. The molecule has 5 N–H and O–H groups in total. The maximum absolute atomic E-state index is 10.5. The van der Waals surface area contributed by atoms with Crippen LogP contribution in [0.25, 0.3) is 16.6 Å². The number of hydrogen-bond donors (Lipinski definition) is 4. The Labute approximate surface area is 160 Å². The number of benzene rings is 2. The summed E-state index contributed by atoms with van der Waals surface area (Å²) in [6, 6.07) is 14.9. The van der Waals surface area contributed by atoms with E-state index in [0.29, 0.717) is 17.0 Å². The van der Waals surface area contributed by atoms with Crippen LogP contribution in [0, 0.1) is 11.8 Å². The molecule has 2 heterocycles. The molecule has 0 radical (unpaired) electrons. The van der Waals surface area contributed by atoms with Gasteiger partial charge in [0.1, 0.15) is 17.6 Å². The summed E-state index contributed by atoms with van der Waals surface area (Å²) < 4.78 is 1.71. The zero-order valence-corrected chi connectivity index (χ0v) is 15.0. The number of aromatic nitrogens is 5. The van der Waals surface area contributed by atoms with Crippen LogP contribution in [0.1, 0.15) is 30.1 Å². The minimum atomic E-state index is -1.43. The van der Waals surface area contributed by atoms with Crippen molar-refractivity contribution in [2.24, 2.45) is 5.73 Å². The van der Waals surface area contributed by atoms with Crippen LogP contribution in [-0.4, -0.2) is 35.4 Å². The lowest BCUT2D eigenvalue weighted by atomic mass is 10.0. The van der Waals surface area contributed by atoms with Gasteiger partial charge in [0.2, 0.25) is 0 Å². The number of nitrogens with zero attached hydrogens (tertiary/aromatic N) is 4. The zero-order chi connectivity index (χ0) is 19.7. The van der Waals surface area contributed by atoms with Crippen LogP contribution in [0.3, 0.4) is 0 Å². The van der Waals surface area contributed by atoms with E-state index < -0.39 is 11.8 Å². The molecule has 28 heavy (non-hydrogen) atoms. The van der Waals surface area contributed by atoms with Crippen LogP contribution in [0.4, 0.5) is 0 Å². The Balaban J connectivity index is 1.75. The predicted molar refractivity (Wildman–Crippen MR) is 103 cm³/mol. The Hall–Kier alpha value is -3.51.